The van der Waals surface area contributed by atoms with Crippen molar-refractivity contribution in [2.45, 2.75) is 11.8 Å². The molecule has 3 aromatic rings. The van der Waals surface area contributed by atoms with Crippen molar-refractivity contribution in [2.75, 3.05) is 17.9 Å². The molecule has 2 aromatic carbocycles. The van der Waals surface area contributed by atoms with Crippen molar-refractivity contribution in [1.82, 2.24) is 4.98 Å². The van der Waals surface area contributed by atoms with Crippen molar-refractivity contribution < 1.29 is 22.3 Å². The first-order valence-electron chi connectivity index (χ1n) is 7.31. The van der Waals surface area contributed by atoms with Gasteiger partial charge in [0.1, 0.15) is 18.7 Å². The Balaban J connectivity index is 1.66. The number of nitrogens with one attached hydrogen (secondary N) is 1. The van der Waals surface area contributed by atoms with Crippen LogP contribution in [-0.2, 0) is 10.0 Å². The maximum Gasteiger partial charge on any atom is 0.262 e. The van der Waals surface area contributed by atoms with Gasteiger partial charge in [0.25, 0.3) is 10.0 Å². The number of aryl methyl sites for hydroxylation is 1. The number of aromatic nitrogens is 1. The molecule has 7 nitrogen and oxygen atoms in total. The zero-order valence-electron chi connectivity index (χ0n) is 12.8. The van der Waals surface area contributed by atoms with Gasteiger partial charge in [0, 0.05) is 19.1 Å². The summed E-state index contributed by atoms with van der Waals surface area (Å²) in [6.07, 6.45) is 0. The van der Waals surface area contributed by atoms with E-state index in [1.54, 1.807) is 31.2 Å². The number of nitrogens with zero attached hydrogens (tertiary/aromatic N) is 1. The fraction of sp³-hybridized carbons (Fsp3) is 0.188. The van der Waals surface area contributed by atoms with E-state index in [0.29, 0.717) is 47.4 Å². The largest absolute Gasteiger partial charge is 0.486 e. The van der Waals surface area contributed by atoms with Crippen molar-refractivity contribution in [3.05, 3.63) is 42.3 Å². The summed E-state index contributed by atoms with van der Waals surface area (Å²) in [5, 5.41) is 0. The van der Waals surface area contributed by atoms with Crippen molar-refractivity contribution in [3.8, 4) is 11.5 Å². The lowest BCUT2D eigenvalue weighted by molar-refractivity contribution is 0.171. The van der Waals surface area contributed by atoms with Gasteiger partial charge >= 0.3 is 0 Å². The molecule has 124 valence electrons. The number of benzene rings is 2. The Hall–Kier alpha value is -2.74. The van der Waals surface area contributed by atoms with Crippen LogP contribution < -0.4 is 14.2 Å². The molecule has 8 heteroatoms. The summed E-state index contributed by atoms with van der Waals surface area (Å²) in [6.45, 7) is 2.63. The highest BCUT2D eigenvalue weighted by Gasteiger charge is 2.18. The van der Waals surface area contributed by atoms with E-state index < -0.39 is 10.0 Å². The Morgan fingerprint density at radius 1 is 1.04 bits per heavy atom. The van der Waals surface area contributed by atoms with Crippen LogP contribution in [-0.4, -0.2) is 26.6 Å². The number of sulfonamides is 1. The van der Waals surface area contributed by atoms with Gasteiger partial charge < -0.3 is 13.9 Å². The van der Waals surface area contributed by atoms with Crippen LogP contribution in [0.4, 0.5) is 5.69 Å². The van der Waals surface area contributed by atoms with Crippen molar-refractivity contribution >= 4 is 26.8 Å². The molecule has 1 aliphatic heterocycles. The predicted octanol–water partition coefficient (Wildman–Crippen LogP) is 2.71. The molecule has 0 saturated heterocycles. The molecule has 0 atom stereocenters. The summed E-state index contributed by atoms with van der Waals surface area (Å²) in [7, 11) is -3.76. The lowest BCUT2D eigenvalue weighted by Gasteiger charge is -2.19. The minimum atomic E-state index is -3.76. The second-order valence-electron chi connectivity index (χ2n) is 5.33. The summed E-state index contributed by atoms with van der Waals surface area (Å²) in [6, 6.07) is 9.46. The number of oxazole rings is 1. The van der Waals surface area contributed by atoms with Crippen molar-refractivity contribution in [2.24, 2.45) is 0 Å². The van der Waals surface area contributed by atoms with E-state index in [0.717, 1.165) is 0 Å². The fourth-order valence-corrected chi connectivity index (χ4v) is 3.57. The minimum absolute atomic E-state index is 0.0982. The molecule has 0 radical (unpaired) electrons. The van der Waals surface area contributed by atoms with Gasteiger partial charge in [0.15, 0.2) is 23.0 Å². The first-order valence-corrected chi connectivity index (χ1v) is 8.79. The Bertz CT molecular complexity index is 1030. The molecule has 4 rings (SSSR count). The summed E-state index contributed by atoms with van der Waals surface area (Å²) in [5.74, 6) is 1.60. The Morgan fingerprint density at radius 2 is 1.83 bits per heavy atom. The van der Waals surface area contributed by atoms with E-state index >= 15 is 0 Å². The maximum absolute atomic E-state index is 12.6. The quantitative estimate of drug-likeness (QED) is 0.784. The Kier molecular flexibility index (Phi) is 3.34. The molecule has 0 spiro atoms. The van der Waals surface area contributed by atoms with Crippen LogP contribution in [0.15, 0.2) is 45.7 Å². The molecule has 24 heavy (non-hydrogen) atoms. The van der Waals surface area contributed by atoms with Gasteiger partial charge in [-0.15, -0.1) is 0 Å². The Labute approximate surface area is 138 Å². The smallest absolute Gasteiger partial charge is 0.262 e. The molecular formula is C16H14N2O5S. The molecule has 0 aliphatic carbocycles. The lowest BCUT2D eigenvalue weighted by Crippen LogP contribution is -2.16. The third-order valence-corrected chi connectivity index (χ3v) is 4.95. The molecule has 0 saturated carbocycles. The molecule has 1 aliphatic rings. The molecule has 1 aromatic heterocycles. The lowest BCUT2D eigenvalue weighted by atomic mass is 10.3. The summed E-state index contributed by atoms with van der Waals surface area (Å²) in [5.41, 5.74) is 1.44. The number of fused-ring (bicyclic) bond motifs is 2. The van der Waals surface area contributed by atoms with Gasteiger partial charge in [-0.2, -0.15) is 0 Å². The van der Waals surface area contributed by atoms with Gasteiger partial charge in [0.05, 0.1) is 10.6 Å². The highest BCUT2D eigenvalue weighted by atomic mass is 32.2. The highest BCUT2D eigenvalue weighted by Crippen LogP contribution is 2.33. The van der Waals surface area contributed by atoms with Crippen LogP contribution >= 0.6 is 0 Å². The number of hydrogen-bond acceptors (Lipinski definition) is 6. The van der Waals surface area contributed by atoms with Crippen molar-refractivity contribution in [3.63, 3.8) is 0 Å². The van der Waals surface area contributed by atoms with Gasteiger partial charge in [-0.05, 0) is 24.3 Å². The van der Waals surface area contributed by atoms with Crippen LogP contribution in [0.5, 0.6) is 11.5 Å². The van der Waals surface area contributed by atoms with Crippen molar-refractivity contribution in [1.29, 1.82) is 0 Å². The molecule has 0 unspecified atom stereocenters. The average Bonchev–Trinajstić information content (AvgIpc) is 2.93. The molecule has 2 heterocycles. The topological polar surface area (TPSA) is 90.7 Å². The first kappa shape index (κ1) is 14.8. The van der Waals surface area contributed by atoms with Crippen LogP contribution in [0, 0.1) is 6.92 Å². The monoisotopic (exact) mass is 346 g/mol. The summed E-state index contributed by atoms with van der Waals surface area (Å²) < 4.78 is 44.0. The van der Waals surface area contributed by atoms with Gasteiger partial charge in [-0.3, -0.25) is 4.72 Å². The third kappa shape index (κ3) is 2.65. The normalized spacial score (nSPS) is 13.9. The molecular weight excluding hydrogens is 332 g/mol. The van der Waals surface area contributed by atoms with Gasteiger partial charge in [-0.1, -0.05) is 0 Å². The second kappa shape index (κ2) is 5.41. The first-order chi connectivity index (χ1) is 11.5. The van der Waals surface area contributed by atoms with Crippen LogP contribution in [0.3, 0.4) is 0 Å². The van der Waals surface area contributed by atoms with Crippen LogP contribution in [0.1, 0.15) is 5.89 Å². The highest BCUT2D eigenvalue weighted by molar-refractivity contribution is 7.92. The van der Waals surface area contributed by atoms with E-state index in [-0.39, 0.29) is 4.90 Å². The van der Waals surface area contributed by atoms with E-state index in [9.17, 15) is 8.42 Å². The number of hydrogen-bond donors (Lipinski definition) is 1. The summed E-state index contributed by atoms with van der Waals surface area (Å²) >= 11 is 0. The van der Waals surface area contributed by atoms with E-state index in [1.807, 2.05) is 0 Å². The fourth-order valence-electron chi connectivity index (χ4n) is 2.51. The average molecular weight is 346 g/mol. The SMILES string of the molecule is Cc1nc2ccc(S(=O)(=O)Nc3ccc4c(c3)OCCO4)cc2o1. The number of anilines is 1. The third-order valence-electron chi connectivity index (χ3n) is 3.57. The number of ether oxygens (including phenoxy) is 2. The summed E-state index contributed by atoms with van der Waals surface area (Å²) in [4.78, 5) is 4.25. The zero-order valence-corrected chi connectivity index (χ0v) is 13.6. The Morgan fingerprint density at radius 3 is 2.67 bits per heavy atom. The number of rotatable bonds is 3. The molecule has 0 bridgehead atoms. The molecule has 0 amide bonds. The van der Waals surface area contributed by atoms with E-state index in [2.05, 4.69) is 9.71 Å². The zero-order chi connectivity index (χ0) is 16.7. The van der Waals surface area contributed by atoms with E-state index in [4.69, 9.17) is 13.9 Å². The minimum Gasteiger partial charge on any atom is -0.486 e. The van der Waals surface area contributed by atoms with Crippen LogP contribution in [0.2, 0.25) is 0 Å². The predicted molar refractivity (Wildman–Crippen MR) is 87.0 cm³/mol. The van der Waals surface area contributed by atoms with Crippen LogP contribution in [0.25, 0.3) is 11.1 Å². The second-order valence-corrected chi connectivity index (χ2v) is 7.01. The standard InChI is InChI=1S/C16H14N2O5S/c1-10-17-13-4-3-12(9-15(13)23-10)24(19,20)18-11-2-5-14-16(8-11)22-7-6-21-14/h2-5,8-9,18H,6-7H2,1H3. The molecule has 1 N–H and O–H groups in total. The molecule has 0 fully saturated rings. The van der Waals surface area contributed by atoms with Gasteiger partial charge in [-0.25, -0.2) is 13.4 Å². The van der Waals surface area contributed by atoms with Gasteiger partial charge in [0.2, 0.25) is 0 Å². The maximum atomic E-state index is 12.6. The van der Waals surface area contributed by atoms with E-state index in [1.165, 1.54) is 12.1 Å².